The van der Waals surface area contributed by atoms with E-state index in [9.17, 15) is 9.59 Å². The minimum absolute atomic E-state index is 0.251. The molecule has 2 aliphatic rings. The number of benzene rings is 3. The molecule has 3 atom stereocenters. The van der Waals surface area contributed by atoms with Gasteiger partial charge in [-0.1, -0.05) is 62.2 Å². The van der Waals surface area contributed by atoms with E-state index in [1.807, 2.05) is 66.7 Å². The number of carbonyl (C=O) groups excluding carboxylic acids is 2. The van der Waals surface area contributed by atoms with E-state index in [2.05, 4.69) is 31.9 Å². The van der Waals surface area contributed by atoms with Crippen molar-refractivity contribution in [1.29, 1.82) is 0 Å². The van der Waals surface area contributed by atoms with Crippen molar-refractivity contribution in [2.24, 2.45) is 5.92 Å². The van der Waals surface area contributed by atoms with Crippen LogP contribution in [0.15, 0.2) is 87.8 Å². The molecule has 0 bridgehead atoms. The number of nitrogens with zero attached hydrogens (tertiary/aromatic N) is 2. The average molecular weight is 528 g/mol. The molecule has 2 saturated heterocycles. The van der Waals surface area contributed by atoms with Crippen LogP contribution in [0, 0.1) is 5.92 Å². The van der Waals surface area contributed by atoms with Gasteiger partial charge in [0.2, 0.25) is 5.91 Å². The molecule has 5 nitrogen and oxygen atoms in total. The molecule has 7 heteroatoms. The van der Waals surface area contributed by atoms with Crippen LogP contribution in [0.1, 0.15) is 11.6 Å². The third kappa shape index (κ3) is 3.17. The number of halogens is 2. The van der Waals surface area contributed by atoms with Crippen LogP contribution < -0.4 is 9.96 Å². The second-order valence-corrected chi connectivity index (χ2v) is 9.03. The van der Waals surface area contributed by atoms with Gasteiger partial charge in [-0.05, 0) is 54.1 Å². The van der Waals surface area contributed by atoms with Crippen LogP contribution in [0.25, 0.3) is 0 Å². The Morgan fingerprint density at radius 1 is 0.700 bits per heavy atom. The van der Waals surface area contributed by atoms with E-state index < -0.39 is 18.1 Å². The summed E-state index contributed by atoms with van der Waals surface area (Å²) in [5.74, 6) is -1.23. The molecular formula is C23H16Br2N2O3. The molecule has 0 spiro atoms. The Bertz CT molecular complexity index is 1100. The molecule has 2 aliphatic heterocycles. The average Bonchev–Trinajstić information content (AvgIpc) is 3.27. The first-order valence-corrected chi connectivity index (χ1v) is 11.0. The lowest BCUT2D eigenvalue weighted by atomic mass is 9.90. The van der Waals surface area contributed by atoms with Crippen LogP contribution in [0.2, 0.25) is 0 Å². The molecule has 5 rings (SSSR count). The normalized spacial score (nSPS) is 23.2. The molecule has 2 amide bonds. The van der Waals surface area contributed by atoms with Crippen molar-refractivity contribution in [3.05, 3.63) is 93.4 Å². The van der Waals surface area contributed by atoms with E-state index in [0.717, 1.165) is 20.2 Å². The molecule has 2 fully saturated rings. The molecule has 150 valence electrons. The first-order chi connectivity index (χ1) is 14.5. The van der Waals surface area contributed by atoms with Crippen LogP contribution in [0.5, 0.6) is 0 Å². The van der Waals surface area contributed by atoms with Gasteiger partial charge in [0.15, 0.2) is 6.10 Å². The summed E-state index contributed by atoms with van der Waals surface area (Å²) < 4.78 is 1.82. The third-order valence-electron chi connectivity index (χ3n) is 5.42. The minimum atomic E-state index is -0.866. The van der Waals surface area contributed by atoms with E-state index in [-0.39, 0.29) is 11.8 Å². The Morgan fingerprint density at radius 3 is 1.93 bits per heavy atom. The Hall–Kier alpha value is -2.48. The van der Waals surface area contributed by atoms with Gasteiger partial charge in [0.25, 0.3) is 5.91 Å². The summed E-state index contributed by atoms with van der Waals surface area (Å²) in [6.07, 6.45) is -0.866. The Labute approximate surface area is 190 Å². The number of imide groups is 1. The molecule has 0 radical (unpaired) electrons. The highest BCUT2D eigenvalue weighted by atomic mass is 79.9. The van der Waals surface area contributed by atoms with E-state index in [0.29, 0.717) is 5.69 Å². The van der Waals surface area contributed by atoms with Crippen molar-refractivity contribution in [2.45, 2.75) is 12.1 Å². The summed E-state index contributed by atoms with van der Waals surface area (Å²) >= 11 is 6.85. The van der Waals surface area contributed by atoms with Gasteiger partial charge in [-0.2, -0.15) is 0 Å². The van der Waals surface area contributed by atoms with Crippen LogP contribution in [0.3, 0.4) is 0 Å². The predicted molar refractivity (Wildman–Crippen MR) is 121 cm³/mol. The van der Waals surface area contributed by atoms with Crippen LogP contribution >= 0.6 is 31.9 Å². The van der Waals surface area contributed by atoms with Crippen molar-refractivity contribution in [3.8, 4) is 0 Å². The maximum Gasteiger partial charge on any atom is 0.266 e. The fourth-order valence-electron chi connectivity index (χ4n) is 4.06. The zero-order chi connectivity index (χ0) is 20.8. The van der Waals surface area contributed by atoms with E-state index in [1.165, 1.54) is 4.90 Å². The summed E-state index contributed by atoms with van der Waals surface area (Å²) in [5, 5.41) is 1.70. The number of carbonyl (C=O) groups is 2. The molecular weight excluding hydrogens is 512 g/mol. The highest BCUT2D eigenvalue weighted by Crippen LogP contribution is 2.47. The van der Waals surface area contributed by atoms with Gasteiger partial charge in [0.05, 0.1) is 17.4 Å². The summed E-state index contributed by atoms with van der Waals surface area (Å²) in [6.45, 7) is 0. The SMILES string of the molecule is O=C1[C@H]2[C@@H](c3ccc(Br)cc3)N(c3ccccc3)O[C@H]2C(=O)N1c1ccc(Br)cc1. The zero-order valence-corrected chi connectivity index (χ0v) is 18.8. The van der Waals surface area contributed by atoms with Crippen molar-refractivity contribution in [3.63, 3.8) is 0 Å². The van der Waals surface area contributed by atoms with E-state index in [1.54, 1.807) is 17.2 Å². The number of anilines is 2. The van der Waals surface area contributed by atoms with E-state index in [4.69, 9.17) is 4.84 Å². The van der Waals surface area contributed by atoms with Gasteiger partial charge >= 0.3 is 0 Å². The zero-order valence-electron chi connectivity index (χ0n) is 15.6. The number of hydrogen-bond acceptors (Lipinski definition) is 4. The maximum atomic E-state index is 13.5. The first-order valence-electron chi connectivity index (χ1n) is 9.44. The van der Waals surface area contributed by atoms with Crippen LogP contribution in [0.4, 0.5) is 11.4 Å². The molecule has 0 aromatic heterocycles. The smallest absolute Gasteiger partial charge is 0.266 e. The third-order valence-corrected chi connectivity index (χ3v) is 6.48. The molecule has 30 heavy (non-hydrogen) atoms. The first kappa shape index (κ1) is 19.5. The summed E-state index contributed by atoms with van der Waals surface area (Å²) in [7, 11) is 0. The van der Waals surface area contributed by atoms with Crippen molar-refractivity contribution in [1.82, 2.24) is 0 Å². The summed E-state index contributed by atoms with van der Waals surface area (Å²) in [6, 6.07) is 24.0. The minimum Gasteiger partial charge on any atom is -0.273 e. The molecule has 0 N–H and O–H groups in total. The second kappa shape index (κ2) is 7.65. The topological polar surface area (TPSA) is 49.9 Å². The van der Waals surface area contributed by atoms with Gasteiger partial charge in [-0.15, -0.1) is 0 Å². The van der Waals surface area contributed by atoms with Crippen molar-refractivity contribution in [2.75, 3.05) is 9.96 Å². The monoisotopic (exact) mass is 526 g/mol. The highest BCUT2D eigenvalue weighted by Gasteiger charge is 2.60. The molecule has 0 unspecified atom stereocenters. The molecule has 3 aromatic rings. The molecule has 3 aromatic carbocycles. The Morgan fingerprint density at radius 2 is 1.30 bits per heavy atom. The van der Waals surface area contributed by atoms with Gasteiger partial charge in [-0.3, -0.25) is 14.4 Å². The van der Waals surface area contributed by atoms with Crippen LogP contribution in [-0.4, -0.2) is 17.9 Å². The summed E-state index contributed by atoms with van der Waals surface area (Å²) in [4.78, 5) is 34.1. The fourth-order valence-corrected chi connectivity index (χ4v) is 4.59. The number of hydroxylamine groups is 1. The largest absolute Gasteiger partial charge is 0.273 e. The van der Waals surface area contributed by atoms with Crippen LogP contribution in [-0.2, 0) is 14.4 Å². The quantitative estimate of drug-likeness (QED) is 0.436. The number of rotatable bonds is 3. The number of para-hydroxylation sites is 1. The lowest BCUT2D eigenvalue weighted by molar-refractivity contribution is -0.126. The van der Waals surface area contributed by atoms with Gasteiger partial charge in [0.1, 0.15) is 5.92 Å². The van der Waals surface area contributed by atoms with Gasteiger partial charge in [-0.25, -0.2) is 9.96 Å². The second-order valence-electron chi connectivity index (χ2n) is 7.20. The predicted octanol–water partition coefficient (Wildman–Crippen LogP) is 5.26. The van der Waals surface area contributed by atoms with Gasteiger partial charge in [0, 0.05) is 8.95 Å². The fraction of sp³-hybridized carbons (Fsp3) is 0.130. The van der Waals surface area contributed by atoms with Crippen molar-refractivity contribution >= 4 is 55.0 Å². The molecule has 2 heterocycles. The lowest BCUT2D eigenvalue weighted by Crippen LogP contribution is -2.37. The molecule has 0 saturated carbocycles. The maximum absolute atomic E-state index is 13.5. The Balaban J connectivity index is 1.58. The lowest BCUT2D eigenvalue weighted by Gasteiger charge is -2.28. The summed E-state index contributed by atoms with van der Waals surface area (Å²) in [5.41, 5.74) is 2.26. The standard InChI is InChI=1S/C23H16Br2N2O3/c24-15-8-6-14(7-9-15)20-19-21(30-27(20)18-4-2-1-3-5-18)23(29)26(22(19)28)17-12-10-16(25)11-13-17/h1-13,19-21H/t19-,20+,21+/m0/s1. The van der Waals surface area contributed by atoms with E-state index >= 15 is 0 Å². The van der Waals surface area contributed by atoms with Crippen molar-refractivity contribution < 1.29 is 14.4 Å². The number of amides is 2. The highest BCUT2D eigenvalue weighted by molar-refractivity contribution is 9.10. The molecule has 0 aliphatic carbocycles. The number of hydrogen-bond donors (Lipinski definition) is 0. The Kier molecular flexibility index (Phi) is 4.97. The van der Waals surface area contributed by atoms with Gasteiger partial charge < -0.3 is 0 Å². The number of fused-ring (bicyclic) bond motifs is 1.